The van der Waals surface area contributed by atoms with Crippen LogP contribution in [-0.4, -0.2) is 8.42 Å². The van der Waals surface area contributed by atoms with Gasteiger partial charge in [-0.2, -0.15) is 0 Å². The van der Waals surface area contributed by atoms with Gasteiger partial charge in [-0.15, -0.1) is 0 Å². The quantitative estimate of drug-likeness (QED) is 0.323. The van der Waals surface area contributed by atoms with Crippen LogP contribution < -0.4 is 4.31 Å². The molecule has 9 heteroatoms. The van der Waals surface area contributed by atoms with Crippen LogP contribution in [0.2, 0.25) is 0 Å². The van der Waals surface area contributed by atoms with Crippen molar-refractivity contribution in [3.8, 4) is 0 Å². The number of para-hydroxylation sites is 1. The maximum atomic E-state index is 14.2. The van der Waals surface area contributed by atoms with Gasteiger partial charge in [-0.25, -0.2) is 30.4 Å². The Morgan fingerprint density at radius 2 is 1.21 bits per heavy atom. The molecule has 0 heterocycles. The number of sulfonamides is 1. The molecule has 0 saturated carbocycles. The zero-order valence-corrected chi connectivity index (χ0v) is 15.8. The first kappa shape index (κ1) is 20.8. The third kappa shape index (κ3) is 3.82. The van der Waals surface area contributed by atoms with Crippen LogP contribution >= 0.6 is 0 Å². The van der Waals surface area contributed by atoms with Gasteiger partial charge in [-0.05, 0) is 24.6 Å². The largest absolute Gasteiger partial charge is 0.270 e. The molecule has 3 rings (SSSR count). The van der Waals surface area contributed by atoms with Crippen molar-refractivity contribution in [1.29, 1.82) is 0 Å². The summed E-state index contributed by atoms with van der Waals surface area (Å²) in [6.45, 7) is 1.43. The van der Waals surface area contributed by atoms with Gasteiger partial charge >= 0.3 is 0 Å². The number of anilines is 1. The highest BCUT2D eigenvalue weighted by Crippen LogP contribution is 2.32. The Hall–Kier alpha value is -2.94. The Kier molecular flexibility index (Phi) is 5.61. The fourth-order valence-electron chi connectivity index (χ4n) is 2.69. The smallest absolute Gasteiger partial charge is 0.262 e. The lowest BCUT2D eigenvalue weighted by Crippen LogP contribution is -2.32. The maximum Gasteiger partial charge on any atom is 0.270 e. The summed E-state index contributed by atoms with van der Waals surface area (Å²) in [5, 5.41) is 0. The van der Waals surface area contributed by atoms with Gasteiger partial charge in [-0.1, -0.05) is 48.0 Å². The van der Waals surface area contributed by atoms with Crippen LogP contribution in [0.25, 0.3) is 0 Å². The summed E-state index contributed by atoms with van der Waals surface area (Å²) in [5.74, 6) is -11.9. The molecule has 0 aliphatic rings. The monoisotopic (exact) mass is 427 g/mol. The molecule has 0 saturated heterocycles. The van der Waals surface area contributed by atoms with Crippen LogP contribution in [0.1, 0.15) is 11.1 Å². The van der Waals surface area contributed by atoms with E-state index in [0.29, 0.717) is 9.87 Å². The van der Waals surface area contributed by atoms with Crippen molar-refractivity contribution in [2.75, 3.05) is 4.31 Å². The van der Waals surface area contributed by atoms with Crippen molar-refractivity contribution in [3.05, 3.63) is 94.8 Å². The molecular weight excluding hydrogens is 413 g/mol. The first-order chi connectivity index (χ1) is 13.6. The van der Waals surface area contributed by atoms with Gasteiger partial charge in [0.25, 0.3) is 10.0 Å². The minimum atomic E-state index is -5.15. The molecule has 0 spiro atoms. The average Bonchev–Trinajstić information content (AvgIpc) is 2.70. The summed E-state index contributed by atoms with van der Waals surface area (Å²) in [5.41, 5.74) is 1.34. The Bertz CT molecular complexity index is 1120. The number of benzene rings is 3. The minimum Gasteiger partial charge on any atom is -0.262 e. The molecule has 0 radical (unpaired) electrons. The zero-order valence-electron chi connectivity index (χ0n) is 15.0. The third-order valence-electron chi connectivity index (χ3n) is 4.21. The van der Waals surface area contributed by atoms with E-state index in [1.807, 2.05) is 6.92 Å². The molecule has 3 aromatic rings. The molecule has 0 amide bonds. The van der Waals surface area contributed by atoms with Crippen molar-refractivity contribution in [1.82, 2.24) is 0 Å². The number of hydrogen-bond donors (Lipinski definition) is 0. The normalized spacial score (nSPS) is 11.5. The van der Waals surface area contributed by atoms with Crippen molar-refractivity contribution in [3.63, 3.8) is 0 Å². The molecule has 152 valence electrons. The van der Waals surface area contributed by atoms with Gasteiger partial charge < -0.3 is 0 Å². The predicted octanol–water partition coefficient (Wildman–Crippen LogP) is 5.09. The lowest BCUT2D eigenvalue weighted by Gasteiger charge is -2.25. The van der Waals surface area contributed by atoms with Crippen LogP contribution in [0.15, 0.2) is 59.5 Å². The van der Waals surface area contributed by atoms with E-state index >= 15 is 0 Å². The zero-order chi connectivity index (χ0) is 21.3. The molecule has 0 aromatic heterocycles. The van der Waals surface area contributed by atoms with Crippen LogP contribution in [0.3, 0.4) is 0 Å². The SMILES string of the molecule is Cc1ccc(CN(c2ccccc2)S(=O)(=O)c2c(F)c(F)c(F)c(F)c2F)cc1. The van der Waals surface area contributed by atoms with E-state index in [2.05, 4.69) is 0 Å². The lowest BCUT2D eigenvalue weighted by atomic mass is 10.1. The standard InChI is InChI=1S/C20H14F5NO2S/c1-12-7-9-13(10-8-12)11-26(14-5-3-2-4-6-14)29(27,28)20-18(24)16(22)15(21)17(23)19(20)25/h2-10H,11H2,1H3. The van der Waals surface area contributed by atoms with E-state index < -0.39 is 44.0 Å². The minimum absolute atomic E-state index is 0.00276. The molecule has 0 N–H and O–H groups in total. The Balaban J connectivity index is 2.21. The summed E-state index contributed by atoms with van der Waals surface area (Å²) in [6, 6.07) is 13.8. The second kappa shape index (κ2) is 7.82. The molecular formula is C20H14F5NO2S. The summed E-state index contributed by atoms with van der Waals surface area (Å²) in [6.07, 6.45) is 0. The van der Waals surface area contributed by atoms with E-state index in [9.17, 15) is 30.4 Å². The number of nitrogens with zero attached hydrogens (tertiary/aromatic N) is 1. The maximum absolute atomic E-state index is 14.2. The highest BCUT2D eigenvalue weighted by molar-refractivity contribution is 7.92. The Morgan fingerprint density at radius 3 is 1.72 bits per heavy atom. The van der Waals surface area contributed by atoms with Gasteiger partial charge in [0, 0.05) is 0 Å². The van der Waals surface area contributed by atoms with Crippen molar-refractivity contribution >= 4 is 15.7 Å². The van der Waals surface area contributed by atoms with Gasteiger partial charge in [0.15, 0.2) is 28.2 Å². The molecule has 3 nitrogen and oxygen atoms in total. The molecule has 0 fully saturated rings. The topological polar surface area (TPSA) is 37.4 Å². The van der Waals surface area contributed by atoms with Crippen LogP contribution in [0, 0.1) is 36.0 Å². The fourth-order valence-corrected chi connectivity index (χ4v) is 4.26. The number of hydrogen-bond acceptors (Lipinski definition) is 2. The predicted molar refractivity (Wildman–Crippen MR) is 97.2 cm³/mol. The highest BCUT2D eigenvalue weighted by Gasteiger charge is 2.37. The van der Waals surface area contributed by atoms with Gasteiger partial charge in [0.2, 0.25) is 5.82 Å². The Morgan fingerprint density at radius 1 is 0.724 bits per heavy atom. The first-order valence-electron chi connectivity index (χ1n) is 8.29. The number of rotatable bonds is 5. The second-order valence-electron chi connectivity index (χ2n) is 6.23. The third-order valence-corrected chi connectivity index (χ3v) is 6.00. The van der Waals surface area contributed by atoms with Crippen molar-refractivity contribution < 1.29 is 30.4 Å². The number of aryl methyl sites for hydroxylation is 1. The van der Waals surface area contributed by atoms with Crippen LogP contribution in [-0.2, 0) is 16.6 Å². The molecule has 3 aromatic carbocycles. The molecule has 29 heavy (non-hydrogen) atoms. The van der Waals surface area contributed by atoms with Gasteiger partial charge in [-0.3, -0.25) is 4.31 Å². The van der Waals surface area contributed by atoms with E-state index in [1.165, 1.54) is 24.3 Å². The summed E-state index contributed by atoms with van der Waals surface area (Å²) < 4.78 is 95.8. The molecule has 0 unspecified atom stereocenters. The van der Waals surface area contributed by atoms with Gasteiger partial charge in [0.05, 0.1) is 12.2 Å². The molecule has 0 atom stereocenters. The summed E-state index contributed by atoms with van der Waals surface area (Å²) >= 11 is 0. The van der Waals surface area contributed by atoms with E-state index in [1.54, 1.807) is 30.3 Å². The van der Waals surface area contributed by atoms with E-state index in [-0.39, 0.29) is 12.2 Å². The molecule has 0 aliphatic carbocycles. The average molecular weight is 427 g/mol. The van der Waals surface area contributed by atoms with Crippen molar-refractivity contribution in [2.45, 2.75) is 18.4 Å². The summed E-state index contributed by atoms with van der Waals surface area (Å²) in [4.78, 5) is -1.90. The van der Waals surface area contributed by atoms with Crippen LogP contribution in [0.5, 0.6) is 0 Å². The fraction of sp³-hybridized carbons (Fsp3) is 0.100. The first-order valence-corrected chi connectivity index (χ1v) is 9.73. The molecule has 0 bridgehead atoms. The second-order valence-corrected chi connectivity index (χ2v) is 8.03. The van der Waals surface area contributed by atoms with Crippen molar-refractivity contribution in [2.24, 2.45) is 0 Å². The highest BCUT2D eigenvalue weighted by atomic mass is 32.2. The Labute approximate surface area is 164 Å². The van der Waals surface area contributed by atoms with Crippen LogP contribution in [0.4, 0.5) is 27.6 Å². The summed E-state index contributed by atoms with van der Waals surface area (Å²) in [7, 11) is -5.15. The molecule has 0 aliphatic heterocycles. The van der Waals surface area contributed by atoms with E-state index in [4.69, 9.17) is 0 Å². The number of halogens is 5. The lowest BCUT2D eigenvalue weighted by molar-refractivity contribution is 0.357. The van der Waals surface area contributed by atoms with E-state index in [0.717, 1.165) is 5.56 Å². The van der Waals surface area contributed by atoms with Gasteiger partial charge in [0.1, 0.15) is 0 Å².